The SMILES string of the molecule is CC1(C)CCCC2(C)C[CH]CCC12. The minimum absolute atomic E-state index is 0.612. The number of hydrogen-bond donors (Lipinski definition) is 0. The Labute approximate surface area is 83.1 Å². The van der Waals surface area contributed by atoms with Crippen molar-refractivity contribution in [3.05, 3.63) is 6.42 Å². The van der Waals surface area contributed by atoms with Gasteiger partial charge in [-0.2, -0.15) is 0 Å². The standard InChI is InChI=1S/C13H23/c1-12(2)8-6-10-13(3)9-5-4-7-11(12)13/h5,11H,4,6-10H2,1-3H3. The highest BCUT2D eigenvalue weighted by molar-refractivity contribution is 5.01. The summed E-state index contributed by atoms with van der Waals surface area (Å²) < 4.78 is 0. The van der Waals surface area contributed by atoms with Crippen LogP contribution in [0.3, 0.4) is 0 Å². The van der Waals surface area contributed by atoms with Crippen molar-refractivity contribution < 1.29 is 0 Å². The lowest BCUT2D eigenvalue weighted by atomic mass is 9.52. The van der Waals surface area contributed by atoms with Gasteiger partial charge in [0.1, 0.15) is 0 Å². The second-order valence-electron chi connectivity index (χ2n) is 6.12. The van der Waals surface area contributed by atoms with E-state index in [-0.39, 0.29) is 0 Å². The van der Waals surface area contributed by atoms with Gasteiger partial charge in [0.15, 0.2) is 0 Å². The smallest absolute Gasteiger partial charge is 0.0290 e. The number of rotatable bonds is 0. The van der Waals surface area contributed by atoms with Crippen molar-refractivity contribution in [1.29, 1.82) is 0 Å². The van der Waals surface area contributed by atoms with Gasteiger partial charge in [0, 0.05) is 0 Å². The molecule has 2 fully saturated rings. The van der Waals surface area contributed by atoms with Crippen LogP contribution in [0.2, 0.25) is 0 Å². The van der Waals surface area contributed by atoms with Gasteiger partial charge in [0.2, 0.25) is 0 Å². The summed E-state index contributed by atoms with van der Waals surface area (Å²) in [6.07, 6.45) is 11.1. The van der Waals surface area contributed by atoms with Crippen LogP contribution in [-0.2, 0) is 0 Å². The quantitative estimate of drug-likeness (QED) is 0.522. The highest BCUT2D eigenvalue weighted by atomic mass is 14.5. The Hall–Kier alpha value is 0. The van der Waals surface area contributed by atoms with E-state index in [1.165, 1.54) is 38.5 Å². The Kier molecular flexibility index (Phi) is 2.20. The Morgan fingerprint density at radius 1 is 1.15 bits per heavy atom. The van der Waals surface area contributed by atoms with E-state index in [1.54, 1.807) is 0 Å². The average Bonchev–Trinajstić information content (AvgIpc) is 2.02. The fraction of sp³-hybridized carbons (Fsp3) is 0.923. The van der Waals surface area contributed by atoms with Gasteiger partial charge < -0.3 is 0 Å². The zero-order chi connectivity index (χ0) is 9.53. The van der Waals surface area contributed by atoms with Gasteiger partial charge in [-0.15, -0.1) is 0 Å². The van der Waals surface area contributed by atoms with E-state index >= 15 is 0 Å². The summed E-state index contributed by atoms with van der Waals surface area (Å²) in [4.78, 5) is 0. The fourth-order valence-electron chi connectivity index (χ4n) is 3.94. The van der Waals surface area contributed by atoms with Crippen LogP contribution in [0.15, 0.2) is 0 Å². The Morgan fingerprint density at radius 2 is 1.92 bits per heavy atom. The fourth-order valence-corrected chi connectivity index (χ4v) is 3.94. The number of hydrogen-bond acceptors (Lipinski definition) is 0. The van der Waals surface area contributed by atoms with Crippen LogP contribution in [-0.4, -0.2) is 0 Å². The first-order valence-corrected chi connectivity index (χ1v) is 5.86. The monoisotopic (exact) mass is 179 g/mol. The lowest BCUT2D eigenvalue weighted by Crippen LogP contribution is -2.44. The molecule has 2 aliphatic carbocycles. The molecular formula is C13H23. The summed E-state index contributed by atoms with van der Waals surface area (Å²) >= 11 is 0. The summed E-state index contributed by atoms with van der Waals surface area (Å²) in [6, 6.07) is 0. The minimum atomic E-state index is 0.612. The molecule has 2 aliphatic rings. The van der Waals surface area contributed by atoms with Crippen molar-refractivity contribution in [1.82, 2.24) is 0 Å². The predicted octanol–water partition coefficient (Wildman–Crippen LogP) is 4.21. The number of fused-ring (bicyclic) bond motifs is 1. The first-order chi connectivity index (χ1) is 6.05. The summed E-state index contributed by atoms with van der Waals surface area (Å²) in [5, 5.41) is 0. The molecule has 1 radical (unpaired) electrons. The van der Waals surface area contributed by atoms with E-state index < -0.39 is 0 Å². The van der Waals surface area contributed by atoms with Crippen LogP contribution in [0, 0.1) is 23.2 Å². The average molecular weight is 179 g/mol. The van der Waals surface area contributed by atoms with E-state index in [0.717, 1.165) is 5.92 Å². The molecule has 2 unspecified atom stereocenters. The molecule has 0 aromatic carbocycles. The molecule has 0 aromatic rings. The maximum absolute atomic E-state index is 2.53. The molecule has 13 heavy (non-hydrogen) atoms. The summed E-state index contributed by atoms with van der Waals surface area (Å²) in [5.74, 6) is 0.985. The zero-order valence-corrected chi connectivity index (χ0v) is 9.40. The minimum Gasteiger partial charge on any atom is -0.0596 e. The van der Waals surface area contributed by atoms with Crippen molar-refractivity contribution in [3.8, 4) is 0 Å². The van der Waals surface area contributed by atoms with Gasteiger partial charge in [-0.05, 0) is 55.3 Å². The van der Waals surface area contributed by atoms with Gasteiger partial charge in [-0.25, -0.2) is 0 Å². The summed E-state index contributed by atoms with van der Waals surface area (Å²) in [7, 11) is 0. The van der Waals surface area contributed by atoms with E-state index in [4.69, 9.17) is 0 Å². The molecule has 0 aromatic heterocycles. The van der Waals surface area contributed by atoms with Gasteiger partial charge in [-0.1, -0.05) is 27.2 Å². The summed E-state index contributed by atoms with van der Waals surface area (Å²) in [6.45, 7) is 7.50. The molecule has 2 atom stereocenters. The van der Waals surface area contributed by atoms with Crippen molar-refractivity contribution in [3.63, 3.8) is 0 Å². The molecule has 0 amide bonds. The lowest BCUT2D eigenvalue weighted by Gasteiger charge is -2.53. The van der Waals surface area contributed by atoms with Crippen LogP contribution < -0.4 is 0 Å². The Balaban J connectivity index is 2.21. The van der Waals surface area contributed by atoms with Crippen LogP contribution >= 0.6 is 0 Å². The van der Waals surface area contributed by atoms with Crippen LogP contribution in [0.25, 0.3) is 0 Å². The van der Waals surface area contributed by atoms with Gasteiger partial charge in [-0.3, -0.25) is 0 Å². The highest BCUT2D eigenvalue weighted by Gasteiger charge is 2.46. The van der Waals surface area contributed by atoms with Crippen molar-refractivity contribution in [2.75, 3.05) is 0 Å². The Morgan fingerprint density at radius 3 is 2.62 bits per heavy atom. The third kappa shape index (κ3) is 1.53. The molecule has 0 saturated heterocycles. The molecule has 0 N–H and O–H groups in total. The van der Waals surface area contributed by atoms with Crippen LogP contribution in [0.5, 0.6) is 0 Å². The molecule has 75 valence electrons. The van der Waals surface area contributed by atoms with E-state index in [9.17, 15) is 0 Å². The third-order valence-corrected chi connectivity index (χ3v) is 4.62. The molecule has 0 bridgehead atoms. The van der Waals surface area contributed by atoms with E-state index in [2.05, 4.69) is 27.2 Å². The van der Waals surface area contributed by atoms with Crippen molar-refractivity contribution >= 4 is 0 Å². The maximum Gasteiger partial charge on any atom is -0.0290 e. The second kappa shape index (κ2) is 3.00. The molecule has 0 nitrogen and oxygen atoms in total. The van der Waals surface area contributed by atoms with Crippen LogP contribution in [0.4, 0.5) is 0 Å². The highest BCUT2D eigenvalue weighted by Crippen LogP contribution is 2.57. The summed E-state index contributed by atoms with van der Waals surface area (Å²) in [5.41, 5.74) is 1.27. The van der Waals surface area contributed by atoms with E-state index in [1.807, 2.05) is 0 Å². The molecule has 2 saturated carbocycles. The van der Waals surface area contributed by atoms with Crippen molar-refractivity contribution in [2.24, 2.45) is 16.7 Å². The first kappa shape index (κ1) is 9.55. The van der Waals surface area contributed by atoms with Crippen LogP contribution in [0.1, 0.15) is 59.3 Å². The van der Waals surface area contributed by atoms with Gasteiger partial charge in [0.25, 0.3) is 0 Å². The largest absolute Gasteiger partial charge is 0.0596 e. The third-order valence-electron chi connectivity index (χ3n) is 4.62. The lowest BCUT2D eigenvalue weighted by molar-refractivity contribution is -0.0183. The molecule has 0 aliphatic heterocycles. The normalized spacial score (nSPS) is 44.1. The maximum atomic E-state index is 2.53. The topological polar surface area (TPSA) is 0 Å². The molecule has 2 rings (SSSR count). The molecule has 0 spiro atoms. The second-order valence-corrected chi connectivity index (χ2v) is 6.12. The Bertz CT molecular complexity index is 188. The molecule has 0 heteroatoms. The molecular weight excluding hydrogens is 156 g/mol. The van der Waals surface area contributed by atoms with Crippen molar-refractivity contribution in [2.45, 2.75) is 59.3 Å². The van der Waals surface area contributed by atoms with Gasteiger partial charge in [0.05, 0.1) is 0 Å². The molecule has 0 heterocycles. The van der Waals surface area contributed by atoms with Gasteiger partial charge >= 0.3 is 0 Å². The van der Waals surface area contributed by atoms with E-state index in [0.29, 0.717) is 10.8 Å². The first-order valence-electron chi connectivity index (χ1n) is 5.86. The predicted molar refractivity (Wildman–Crippen MR) is 57.4 cm³/mol. The zero-order valence-electron chi connectivity index (χ0n) is 9.40.